The van der Waals surface area contributed by atoms with Gasteiger partial charge in [0.05, 0.1) is 28.7 Å². The van der Waals surface area contributed by atoms with Crippen molar-refractivity contribution >= 4 is 17.5 Å². The van der Waals surface area contributed by atoms with Crippen LogP contribution < -0.4 is 0 Å². The van der Waals surface area contributed by atoms with Gasteiger partial charge in [0.1, 0.15) is 0 Å². The van der Waals surface area contributed by atoms with Gasteiger partial charge in [0.25, 0.3) is 5.91 Å². The Morgan fingerprint density at radius 1 is 1.17 bits per heavy atom. The lowest BCUT2D eigenvalue weighted by Crippen LogP contribution is -2.37. The number of hydrogen-bond acceptors (Lipinski definition) is 4. The van der Waals surface area contributed by atoms with Crippen molar-refractivity contribution in [2.75, 3.05) is 7.05 Å². The number of rotatable bonds is 7. The minimum absolute atomic E-state index is 0.0312. The summed E-state index contributed by atoms with van der Waals surface area (Å²) in [5.41, 5.74) is 4.44. The van der Waals surface area contributed by atoms with Crippen molar-refractivity contribution in [2.45, 2.75) is 46.1 Å². The van der Waals surface area contributed by atoms with Crippen LogP contribution >= 0.6 is 11.6 Å². The molecular formula is C22H26ClN5O. The SMILES string of the molecule is CC[C@@H](CCc1ccc(Cl)cn1)N(C)C(=O)c1cc(C)c(C)cc1-n1nccn1. The molecule has 0 unspecified atom stereocenters. The minimum Gasteiger partial charge on any atom is -0.339 e. The number of halogens is 1. The molecule has 0 aliphatic carbocycles. The van der Waals surface area contributed by atoms with Crippen LogP contribution in [0.5, 0.6) is 0 Å². The van der Waals surface area contributed by atoms with Crippen LogP contribution in [0.15, 0.2) is 42.9 Å². The van der Waals surface area contributed by atoms with Gasteiger partial charge in [-0.3, -0.25) is 9.78 Å². The maximum Gasteiger partial charge on any atom is 0.256 e. The second-order valence-electron chi connectivity index (χ2n) is 7.26. The molecule has 0 radical (unpaired) electrons. The lowest BCUT2D eigenvalue weighted by molar-refractivity contribution is 0.0719. The van der Waals surface area contributed by atoms with Crippen LogP contribution in [0.3, 0.4) is 0 Å². The molecule has 29 heavy (non-hydrogen) atoms. The molecule has 152 valence electrons. The zero-order valence-corrected chi connectivity index (χ0v) is 18.0. The molecule has 1 atom stereocenters. The van der Waals surface area contributed by atoms with Crippen LogP contribution in [-0.2, 0) is 6.42 Å². The first-order chi connectivity index (χ1) is 13.9. The van der Waals surface area contributed by atoms with Gasteiger partial charge in [-0.25, -0.2) is 0 Å². The molecule has 0 aliphatic heterocycles. The summed E-state index contributed by atoms with van der Waals surface area (Å²) in [6.07, 6.45) is 7.35. The van der Waals surface area contributed by atoms with E-state index in [9.17, 15) is 4.79 Å². The fourth-order valence-corrected chi connectivity index (χ4v) is 3.49. The van der Waals surface area contributed by atoms with Crippen molar-refractivity contribution < 1.29 is 4.79 Å². The van der Waals surface area contributed by atoms with E-state index in [0.717, 1.165) is 36.1 Å². The topological polar surface area (TPSA) is 63.9 Å². The molecule has 1 aromatic carbocycles. The minimum atomic E-state index is -0.0312. The summed E-state index contributed by atoms with van der Waals surface area (Å²) in [6, 6.07) is 7.77. The van der Waals surface area contributed by atoms with Gasteiger partial charge in [-0.15, -0.1) is 0 Å². The zero-order valence-electron chi connectivity index (χ0n) is 17.3. The Morgan fingerprint density at radius 3 is 2.48 bits per heavy atom. The predicted molar refractivity (Wildman–Crippen MR) is 115 cm³/mol. The molecular weight excluding hydrogens is 386 g/mol. The first-order valence-electron chi connectivity index (χ1n) is 9.76. The maximum absolute atomic E-state index is 13.4. The highest BCUT2D eigenvalue weighted by molar-refractivity contribution is 6.30. The van der Waals surface area contributed by atoms with E-state index in [4.69, 9.17) is 11.6 Å². The number of nitrogens with zero attached hydrogens (tertiary/aromatic N) is 5. The number of aromatic nitrogens is 4. The fourth-order valence-electron chi connectivity index (χ4n) is 3.37. The Balaban J connectivity index is 1.82. The predicted octanol–water partition coefficient (Wildman–Crippen LogP) is 4.42. The second kappa shape index (κ2) is 9.18. The van der Waals surface area contributed by atoms with E-state index in [-0.39, 0.29) is 11.9 Å². The van der Waals surface area contributed by atoms with Crippen LogP contribution in [0.2, 0.25) is 5.02 Å². The highest BCUT2D eigenvalue weighted by atomic mass is 35.5. The summed E-state index contributed by atoms with van der Waals surface area (Å²) < 4.78 is 0. The molecule has 6 nitrogen and oxygen atoms in total. The number of pyridine rings is 1. The van der Waals surface area contributed by atoms with Gasteiger partial charge in [0.2, 0.25) is 0 Å². The van der Waals surface area contributed by atoms with Gasteiger partial charge in [0, 0.05) is 25.0 Å². The Kier molecular flexibility index (Phi) is 6.64. The molecule has 0 N–H and O–H groups in total. The average Bonchev–Trinajstić information content (AvgIpc) is 3.25. The Morgan fingerprint density at radius 2 is 1.86 bits per heavy atom. The third kappa shape index (κ3) is 4.82. The van der Waals surface area contributed by atoms with Crippen LogP contribution in [0.4, 0.5) is 0 Å². The van der Waals surface area contributed by atoms with Crippen LogP contribution in [-0.4, -0.2) is 43.9 Å². The Bertz CT molecular complexity index is 970. The van der Waals surface area contributed by atoms with Crippen molar-refractivity contribution in [1.82, 2.24) is 24.9 Å². The molecule has 7 heteroatoms. The van der Waals surface area contributed by atoms with Crippen molar-refractivity contribution in [1.29, 1.82) is 0 Å². The van der Waals surface area contributed by atoms with Crippen LogP contribution in [0, 0.1) is 13.8 Å². The van der Waals surface area contributed by atoms with Crippen LogP contribution in [0.25, 0.3) is 5.69 Å². The molecule has 0 saturated heterocycles. The fraction of sp³-hybridized carbons (Fsp3) is 0.364. The zero-order chi connectivity index (χ0) is 21.0. The highest BCUT2D eigenvalue weighted by Gasteiger charge is 2.24. The molecule has 0 saturated carbocycles. The summed E-state index contributed by atoms with van der Waals surface area (Å²) in [7, 11) is 1.86. The lowest BCUT2D eigenvalue weighted by atomic mass is 10.0. The molecule has 0 spiro atoms. The summed E-state index contributed by atoms with van der Waals surface area (Å²) >= 11 is 5.91. The lowest BCUT2D eigenvalue weighted by Gasteiger charge is -2.28. The van der Waals surface area contributed by atoms with E-state index >= 15 is 0 Å². The molecule has 2 heterocycles. The highest BCUT2D eigenvalue weighted by Crippen LogP contribution is 2.22. The molecule has 0 fully saturated rings. The monoisotopic (exact) mass is 411 g/mol. The van der Waals surface area contributed by atoms with Crippen molar-refractivity contribution in [2.24, 2.45) is 0 Å². The van der Waals surface area contributed by atoms with E-state index in [2.05, 4.69) is 22.1 Å². The first-order valence-corrected chi connectivity index (χ1v) is 10.1. The van der Waals surface area contributed by atoms with Gasteiger partial charge < -0.3 is 4.90 Å². The Hall–Kier alpha value is -2.73. The standard InChI is InChI=1S/C22H26ClN5O/c1-5-19(9-8-18-7-6-17(23)14-24-18)27(4)22(29)20-12-15(2)16(3)13-21(20)28-25-10-11-26-28/h6-7,10-14,19H,5,8-9H2,1-4H3/t19-/m0/s1. The van der Waals surface area contributed by atoms with Crippen molar-refractivity contribution in [3.63, 3.8) is 0 Å². The number of carbonyl (C=O) groups is 1. The molecule has 3 aromatic rings. The van der Waals surface area contributed by atoms with E-state index in [1.165, 1.54) is 4.80 Å². The van der Waals surface area contributed by atoms with Crippen molar-refractivity contribution in [3.8, 4) is 5.69 Å². The summed E-state index contributed by atoms with van der Waals surface area (Å²) in [4.78, 5) is 21.1. The third-order valence-electron chi connectivity index (χ3n) is 5.34. The van der Waals surface area contributed by atoms with E-state index < -0.39 is 0 Å². The first kappa shape index (κ1) is 21.0. The Labute approximate surface area is 176 Å². The molecule has 0 bridgehead atoms. The second-order valence-corrected chi connectivity index (χ2v) is 7.69. The summed E-state index contributed by atoms with van der Waals surface area (Å²) in [5.74, 6) is -0.0312. The molecule has 2 aromatic heterocycles. The summed E-state index contributed by atoms with van der Waals surface area (Å²) in [5, 5.41) is 9.07. The molecule has 1 amide bonds. The number of amides is 1. The van der Waals surface area contributed by atoms with Gasteiger partial charge in [-0.05, 0) is 68.5 Å². The average molecular weight is 412 g/mol. The third-order valence-corrected chi connectivity index (χ3v) is 5.56. The number of carbonyl (C=O) groups excluding carboxylic acids is 1. The van der Waals surface area contributed by atoms with Crippen LogP contribution in [0.1, 0.15) is 46.9 Å². The van der Waals surface area contributed by atoms with E-state index in [1.807, 2.05) is 50.1 Å². The number of benzene rings is 1. The van der Waals surface area contributed by atoms with Gasteiger partial charge in [-0.2, -0.15) is 15.0 Å². The number of aryl methyl sites for hydroxylation is 3. The van der Waals surface area contributed by atoms with E-state index in [1.54, 1.807) is 18.6 Å². The van der Waals surface area contributed by atoms with E-state index in [0.29, 0.717) is 16.3 Å². The smallest absolute Gasteiger partial charge is 0.256 e. The molecule has 0 aliphatic rings. The maximum atomic E-state index is 13.4. The van der Waals surface area contributed by atoms with Gasteiger partial charge in [0.15, 0.2) is 0 Å². The van der Waals surface area contributed by atoms with Gasteiger partial charge in [-0.1, -0.05) is 18.5 Å². The quantitative estimate of drug-likeness (QED) is 0.577. The number of hydrogen-bond donors (Lipinski definition) is 0. The normalized spacial score (nSPS) is 12.0. The largest absolute Gasteiger partial charge is 0.339 e. The van der Waals surface area contributed by atoms with Gasteiger partial charge >= 0.3 is 0 Å². The molecule has 3 rings (SSSR count). The summed E-state index contributed by atoms with van der Waals surface area (Å²) in [6.45, 7) is 6.13. The van der Waals surface area contributed by atoms with Crippen molar-refractivity contribution in [3.05, 3.63) is 70.3 Å².